The van der Waals surface area contributed by atoms with Crippen LogP contribution in [0.15, 0.2) is 54.3 Å². The highest BCUT2D eigenvalue weighted by atomic mass is 14.8. The van der Waals surface area contributed by atoms with Crippen LogP contribution in [-0.2, 0) is 0 Å². The molecule has 2 rings (SSSR count). The summed E-state index contributed by atoms with van der Waals surface area (Å²) in [4.78, 5) is 0. The lowest BCUT2D eigenvalue weighted by Gasteiger charge is -2.16. The van der Waals surface area contributed by atoms with Crippen molar-refractivity contribution in [3.8, 4) is 0 Å². The standard InChI is InChI=1S/C12H14N2/c13-12(10-4-2-1-3-5-10)11-6-8-14-9-7-11/h1-8,12,14H,9,13H2. The zero-order chi connectivity index (χ0) is 9.80. The second-order valence-electron chi connectivity index (χ2n) is 3.33. The molecule has 1 aromatic carbocycles. The lowest BCUT2D eigenvalue weighted by Crippen LogP contribution is -2.17. The van der Waals surface area contributed by atoms with Crippen LogP contribution in [-0.4, -0.2) is 6.54 Å². The first-order valence-corrected chi connectivity index (χ1v) is 4.78. The molecular weight excluding hydrogens is 172 g/mol. The third kappa shape index (κ3) is 1.86. The monoisotopic (exact) mass is 186 g/mol. The Morgan fingerprint density at radius 2 is 2.00 bits per heavy atom. The Bertz CT molecular complexity index is 352. The van der Waals surface area contributed by atoms with Crippen molar-refractivity contribution in [2.24, 2.45) is 5.73 Å². The van der Waals surface area contributed by atoms with Crippen LogP contribution in [0.4, 0.5) is 0 Å². The molecule has 0 radical (unpaired) electrons. The maximum absolute atomic E-state index is 6.12. The smallest absolute Gasteiger partial charge is 0.0549 e. The second kappa shape index (κ2) is 4.11. The second-order valence-corrected chi connectivity index (χ2v) is 3.33. The fourth-order valence-electron chi connectivity index (χ4n) is 1.55. The minimum atomic E-state index is -0.00505. The van der Waals surface area contributed by atoms with Crippen molar-refractivity contribution in [2.45, 2.75) is 6.04 Å². The molecule has 0 aromatic heterocycles. The predicted molar refractivity (Wildman–Crippen MR) is 58.6 cm³/mol. The van der Waals surface area contributed by atoms with Crippen LogP contribution >= 0.6 is 0 Å². The van der Waals surface area contributed by atoms with Gasteiger partial charge in [0.1, 0.15) is 0 Å². The number of hydrogen-bond acceptors (Lipinski definition) is 2. The van der Waals surface area contributed by atoms with Gasteiger partial charge in [-0.15, -0.1) is 0 Å². The van der Waals surface area contributed by atoms with Gasteiger partial charge in [0.25, 0.3) is 0 Å². The number of hydrogen-bond donors (Lipinski definition) is 2. The highest BCUT2D eigenvalue weighted by molar-refractivity contribution is 5.35. The topological polar surface area (TPSA) is 38.0 Å². The maximum atomic E-state index is 6.12. The molecule has 3 N–H and O–H groups in total. The Hall–Kier alpha value is -1.54. The molecule has 0 fully saturated rings. The Balaban J connectivity index is 2.20. The van der Waals surface area contributed by atoms with E-state index in [1.807, 2.05) is 30.5 Å². The van der Waals surface area contributed by atoms with Crippen molar-refractivity contribution >= 4 is 0 Å². The van der Waals surface area contributed by atoms with Gasteiger partial charge in [0.15, 0.2) is 0 Å². The van der Waals surface area contributed by atoms with Gasteiger partial charge in [-0.3, -0.25) is 0 Å². The fraction of sp³-hybridized carbons (Fsp3) is 0.167. The SMILES string of the molecule is NC(C1=CCNC=C1)c1ccccc1. The van der Waals surface area contributed by atoms with E-state index in [9.17, 15) is 0 Å². The minimum Gasteiger partial charge on any atom is -0.387 e. The van der Waals surface area contributed by atoms with Crippen LogP contribution in [0.2, 0.25) is 0 Å². The molecule has 0 saturated carbocycles. The van der Waals surface area contributed by atoms with Crippen molar-refractivity contribution in [3.05, 3.63) is 59.8 Å². The summed E-state index contributed by atoms with van der Waals surface area (Å²) in [6.07, 6.45) is 6.09. The first-order chi connectivity index (χ1) is 6.88. The molecule has 0 spiro atoms. The van der Waals surface area contributed by atoms with Crippen LogP contribution in [0, 0.1) is 0 Å². The number of benzene rings is 1. The maximum Gasteiger partial charge on any atom is 0.0549 e. The van der Waals surface area contributed by atoms with Gasteiger partial charge in [0.05, 0.1) is 6.04 Å². The number of rotatable bonds is 2. The molecule has 2 nitrogen and oxygen atoms in total. The molecule has 1 atom stereocenters. The van der Waals surface area contributed by atoms with Crippen LogP contribution in [0.1, 0.15) is 11.6 Å². The van der Waals surface area contributed by atoms with E-state index in [0.717, 1.165) is 12.1 Å². The van der Waals surface area contributed by atoms with Gasteiger partial charge < -0.3 is 11.1 Å². The van der Waals surface area contributed by atoms with E-state index in [-0.39, 0.29) is 6.04 Å². The van der Waals surface area contributed by atoms with Gasteiger partial charge in [-0.1, -0.05) is 36.4 Å². The molecule has 0 aliphatic carbocycles. The molecule has 14 heavy (non-hydrogen) atoms. The van der Waals surface area contributed by atoms with E-state index >= 15 is 0 Å². The summed E-state index contributed by atoms with van der Waals surface area (Å²) in [6, 6.07) is 10.1. The largest absolute Gasteiger partial charge is 0.387 e. The van der Waals surface area contributed by atoms with Crippen LogP contribution in [0.5, 0.6) is 0 Å². The molecule has 2 heteroatoms. The lowest BCUT2D eigenvalue weighted by atomic mass is 9.98. The Kier molecular flexibility index (Phi) is 2.65. The van der Waals surface area contributed by atoms with E-state index in [2.05, 4.69) is 23.5 Å². The highest BCUT2D eigenvalue weighted by Gasteiger charge is 2.09. The Labute approximate surface area is 84.1 Å². The lowest BCUT2D eigenvalue weighted by molar-refractivity contribution is 0.836. The third-order valence-electron chi connectivity index (χ3n) is 2.37. The van der Waals surface area contributed by atoms with Gasteiger partial charge >= 0.3 is 0 Å². The molecule has 1 unspecified atom stereocenters. The molecule has 72 valence electrons. The van der Waals surface area contributed by atoms with Crippen LogP contribution in [0.3, 0.4) is 0 Å². The summed E-state index contributed by atoms with van der Waals surface area (Å²) in [7, 11) is 0. The van der Waals surface area contributed by atoms with E-state index in [0.29, 0.717) is 0 Å². The van der Waals surface area contributed by atoms with Crippen molar-refractivity contribution in [1.82, 2.24) is 5.32 Å². The number of nitrogens with two attached hydrogens (primary N) is 1. The summed E-state index contributed by atoms with van der Waals surface area (Å²) in [5.74, 6) is 0. The van der Waals surface area contributed by atoms with E-state index < -0.39 is 0 Å². The molecule has 1 aliphatic rings. The molecular formula is C12H14N2. The zero-order valence-corrected chi connectivity index (χ0v) is 7.98. The quantitative estimate of drug-likeness (QED) is 0.738. The van der Waals surface area contributed by atoms with Crippen LogP contribution in [0.25, 0.3) is 0 Å². The van der Waals surface area contributed by atoms with Crippen molar-refractivity contribution < 1.29 is 0 Å². The van der Waals surface area contributed by atoms with E-state index in [4.69, 9.17) is 5.73 Å². The van der Waals surface area contributed by atoms with Gasteiger partial charge in [-0.05, 0) is 23.4 Å². The highest BCUT2D eigenvalue weighted by Crippen LogP contribution is 2.20. The molecule has 0 amide bonds. The van der Waals surface area contributed by atoms with Gasteiger partial charge in [-0.25, -0.2) is 0 Å². The summed E-state index contributed by atoms with van der Waals surface area (Å²) < 4.78 is 0. The molecule has 0 bridgehead atoms. The van der Waals surface area contributed by atoms with Gasteiger partial charge in [0.2, 0.25) is 0 Å². The molecule has 1 heterocycles. The molecule has 1 aromatic rings. The van der Waals surface area contributed by atoms with Crippen molar-refractivity contribution in [2.75, 3.05) is 6.54 Å². The van der Waals surface area contributed by atoms with E-state index in [1.165, 1.54) is 5.57 Å². The summed E-state index contributed by atoms with van der Waals surface area (Å²) in [5, 5.41) is 3.11. The van der Waals surface area contributed by atoms with Crippen LogP contribution < -0.4 is 11.1 Å². The average Bonchev–Trinajstić information content (AvgIpc) is 2.30. The summed E-state index contributed by atoms with van der Waals surface area (Å²) in [6.45, 7) is 0.867. The number of dihydropyridines is 1. The summed E-state index contributed by atoms with van der Waals surface area (Å²) in [5.41, 5.74) is 8.46. The average molecular weight is 186 g/mol. The number of nitrogens with one attached hydrogen (secondary N) is 1. The van der Waals surface area contributed by atoms with E-state index in [1.54, 1.807) is 0 Å². The third-order valence-corrected chi connectivity index (χ3v) is 2.37. The first-order valence-electron chi connectivity index (χ1n) is 4.78. The molecule has 1 aliphatic heterocycles. The normalized spacial score (nSPS) is 17.1. The zero-order valence-electron chi connectivity index (χ0n) is 7.98. The van der Waals surface area contributed by atoms with Crippen molar-refractivity contribution in [3.63, 3.8) is 0 Å². The molecule has 0 saturated heterocycles. The first kappa shape index (κ1) is 9.03. The Morgan fingerprint density at radius 1 is 1.21 bits per heavy atom. The van der Waals surface area contributed by atoms with Gasteiger partial charge in [-0.2, -0.15) is 0 Å². The fourth-order valence-corrected chi connectivity index (χ4v) is 1.55. The predicted octanol–water partition coefficient (Wildman–Crippen LogP) is 1.73. The summed E-state index contributed by atoms with van der Waals surface area (Å²) >= 11 is 0. The Morgan fingerprint density at radius 3 is 2.64 bits per heavy atom. The minimum absolute atomic E-state index is 0.00505. The van der Waals surface area contributed by atoms with Crippen molar-refractivity contribution in [1.29, 1.82) is 0 Å². The van der Waals surface area contributed by atoms with Gasteiger partial charge in [0, 0.05) is 6.54 Å².